The smallest absolute Gasteiger partial charge is 0.192 e. The lowest BCUT2D eigenvalue weighted by Gasteiger charge is -2.40. The van der Waals surface area contributed by atoms with Crippen LogP contribution in [0.15, 0.2) is 36.4 Å². The Balaban J connectivity index is 2.41. The summed E-state index contributed by atoms with van der Waals surface area (Å²) in [5.41, 5.74) is 2.38. The summed E-state index contributed by atoms with van der Waals surface area (Å²) in [7, 11) is -2.35. The summed E-state index contributed by atoms with van der Waals surface area (Å²) in [4.78, 5) is 0. The van der Waals surface area contributed by atoms with E-state index in [1.807, 2.05) is 0 Å². The van der Waals surface area contributed by atoms with Crippen molar-refractivity contribution in [1.29, 1.82) is 0 Å². The molecule has 38 heavy (non-hydrogen) atoms. The lowest BCUT2D eigenvalue weighted by molar-refractivity contribution is 0.103. The van der Waals surface area contributed by atoms with Gasteiger partial charge < -0.3 is 23.8 Å². The Morgan fingerprint density at radius 1 is 1.00 bits per heavy atom. The number of methoxy groups -OCH3 is 1. The molecule has 1 aliphatic rings. The van der Waals surface area contributed by atoms with Crippen molar-refractivity contribution >= 4 is 16.6 Å². The lowest BCUT2D eigenvalue weighted by atomic mass is 9.90. The van der Waals surface area contributed by atoms with Crippen LogP contribution in [-0.4, -0.2) is 58.9 Å². The van der Waals surface area contributed by atoms with Gasteiger partial charge in [0.2, 0.25) is 0 Å². The number of rotatable bonds is 12. The van der Waals surface area contributed by atoms with Crippen LogP contribution in [-0.2, 0) is 26.6 Å². The van der Waals surface area contributed by atoms with Crippen molar-refractivity contribution in [1.82, 2.24) is 0 Å². The molecule has 1 saturated carbocycles. The van der Waals surface area contributed by atoms with Crippen LogP contribution in [0.2, 0.25) is 36.3 Å². The van der Waals surface area contributed by atoms with E-state index in [2.05, 4.69) is 104 Å². The van der Waals surface area contributed by atoms with Gasteiger partial charge in [0.1, 0.15) is 0 Å². The van der Waals surface area contributed by atoms with E-state index in [0.717, 1.165) is 12.0 Å². The quantitative estimate of drug-likeness (QED) is 0.209. The highest BCUT2D eigenvalue weighted by Gasteiger charge is 2.47. The van der Waals surface area contributed by atoms with Crippen LogP contribution in [0.3, 0.4) is 0 Å². The molecule has 1 aromatic carbocycles. The molecule has 2 rings (SSSR count). The van der Waals surface area contributed by atoms with Crippen molar-refractivity contribution < 1.29 is 23.8 Å². The first-order valence-electron chi connectivity index (χ1n) is 14.3. The van der Waals surface area contributed by atoms with Crippen LogP contribution in [0.4, 0.5) is 0 Å². The topological polar surface area (TPSA) is 68.2 Å². The Labute approximate surface area is 235 Å². The van der Waals surface area contributed by atoms with Gasteiger partial charge in [0, 0.05) is 26.1 Å². The second kappa shape index (κ2) is 13.2. The summed E-state index contributed by atoms with van der Waals surface area (Å²) in [6.45, 7) is 23.4. The van der Waals surface area contributed by atoms with Crippen LogP contribution < -0.4 is 0 Å². The maximum absolute atomic E-state index is 11.0. The maximum Gasteiger partial charge on any atom is 0.192 e. The second-order valence-electron chi connectivity index (χ2n) is 14.2. The molecule has 0 saturated heterocycles. The van der Waals surface area contributed by atoms with Gasteiger partial charge in [-0.15, -0.1) is 0 Å². The van der Waals surface area contributed by atoms with E-state index in [0.29, 0.717) is 19.4 Å². The summed E-state index contributed by atoms with van der Waals surface area (Å²) < 4.78 is 19.2. The van der Waals surface area contributed by atoms with Crippen LogP contribution in [0.1, 0.15) is 65.5 Å². The average molecular weight is 565 g/mol. The lowest BCUT2D eigenvalue weighted by Crippen LogP contribution is -2.45. The molecular weight excluding hydrogens is 509 g/mol. The number of aliphatic hydroxyl groups is 2. The van der Waals surface area contributed by atoms with Crippen molar-refractivity contribution in [2.75, 3.05) is 13.7 Å². The molecule has 5 nitrogen and oxygen atoms in total. The molecule has 5 atom stereocenters. The summed E-state index contributed by atoms with van der Waals surface area (Å²) >= 11 is 0. The highest BCUT2D eigenvalue weighted by Crippen LogP contribution is 2.44. The van der Waals surface area contributed by atoms with E-state index in [4.69, 9.17) is 13.6 Å². The van der Waals surface area contributed by atoms with Gasteiger partial charge in [0.05, 0.1) is 24.9 Å². The van der Waals surface area contributed by atoms with Gasteiger partial charge in [-0.2, -0.15) is 0 Å². The minimum absolute atomic E-state index is 0.0235. The molecule has 0 aliphatic heterocycles. The standard InChI is InChI=1S/C31H56O5Si2/c1-30(2,3)37(8,9)35-25(20-23-13-12-14-24(19-23)22-34-7)15-16-27-26(17-18-32)28(33)21-29(27)36-38(10,11)31(4,5)6/h12-16,19,25-29,32-33H,17-18,20-22H2,1-11H3/b16-15+/t25-,26-,27-,28+,29-/m1/s1. The van der Waals surface area contributed by atoms with Gasteiger partial charge in [-0.3, -0.25) is 0 Å². The van der Waals surface area contributed by atoms with E-state index in [1.165, 1.54) is 5.56 Å². The fourth-order valence-electron chi connectivity index (χ4n) is 4.79. The first-order valence-corrected chi connectivity index (χ1v) is 20.1. The Morgan fingerprint density at radius 2 is 1.61 bits per heavy atom. The van der Waals surface area contributed by atoms with E-state index < -0.39 is 22.7 Å². The van der Waals surface area contributed by atoms with Crippen LogP contribution in [0, 0.1) is 11.8 Å². The Bertz CT molecular complexity index is 900. The highest BCUT2D eigenvalue weighted by molar-refractivity contribution is 6.74. The van der Waals surface area contributed by atoms with Gasteiger partial charge in [0.25, 0.3) is 0 Å². The second-order valence-corrected chi connectivity index (χ2v) is 23.7. The monoisotopic (exact) mass is 564 g/mol. The number of aliphatic hydroxyl groups excluding tert-OH is 2. The SMILES string of the molecule is COCc1cccc(C[C@@H](/C=C/[C@@H]2[C@@H](CCO)[C@@H](O)C[C@H]2O[Si](C)(C)C(C)(C)C)O[Si](C)(C)C(C)(C)C)c1. The van der Waals surface area contributed by atoms with E-state index in [1.54, 1.807) is 7.11 Å². The molecule has 218 valence electrons. The van der Waals surface area contributed by atoms with Crippen molar-refractivity contribution in [3.8, 4) is 0 Å². The number of hydrogen-bond donors (Lipinski definition) is 2. The Morgan fingerprint density at radius 3 is 2.16 bits per heavy atom. The summed E-state index contributed by atoms with van der Waals surface area (Å²) in [6, 6.07) is 8.54. The van der Waals surface area contributed by atoms with E-state index in [9.17, 15) is 10.2 Å². The van der Waals surface area contributed by atoms with Crippen LogP contribution in [0.5, 0.6) is 0 Å². The van der Waals surface area contributed by atoms with Crippen molar-refractivity contribution in [2.45, 2.75) is 122 Å². The van der Waals surface area contributed by atoms with E-state index in [-0.39, 0.29) is 40.7 Å². The largest absolute Gasteiger partial charge is 0.413 e. The summed E-state index contributed by atoms with van der Waals surface area (Å²) in [5.74, 6) is 0.0150. The minimum atomic E-state index is -2.04. The third kappa shape index (κ3) is 8.85. The molecule has 2 N–H and O–H groups in total. The number of benzene rings is 1. The molecule has 1 aliphatic carbocycles. The third-order valence-electron chi connectivity index (χ3n) is 9.15. The Kier molecular flexibility index (Phi) is 11.6. The number of hydrogen-bond acceptors (Lipinski definition) is 5. The molecule has 1 aromatic rings. The highest BCUT2D eigenvalue weighted by atomic mass is 28.4. The summed E-state index contributed by atoms with van der Waals surface area (Å²) in [5, 5.41) is 21.0. The molecule has 0 heterocycles. The van der Waals surface area contributed by atoms with Gasteiger partial charge in [-0.1, -0.05) is 78.0 Å². The predicted molar refractivity (Wildman–Crippen MR) is 163 cm³/mol. The molecule has 0 amide bonds. The summed E-state index contributed by atoms with van der Waals surface area (Å²) in [6.07, 6.45) is 5.79. The minimum Gasteiger partial charge on any atom is -0.413 e. The molecular formula is C31H56O5Si2. The van der Waals surface area contributed by atoms with Gasteiger partial charge in [-0.25, -0.2) is 0 Å². The Hall–Kier alpha value is -0.806. The van der Waals surface area contributed by atoms with Gasteiger partial charge in [-0.05, 0) is 66.2 Å². The first-order chi connectivity index (χ1) is 17.4. The third-order valence-corrected chi connectivity index (χ3v) is 18.2. The molecule has 0 aromatic heterocycles. The van der Waals surface area contributed by atoms with Gasteiger partial charge in [0.15, 0.2) is 16.6 Å². The first kappa shape index (κ1) is 33.4. The predicted octanol–water partition coefficient (Wildman–Crippen LogP) is 7.09. The number of ether oxygens (including phenoxy) is 1. The van der Waals surface area contributed by atoms with Crippen molar-refractivity contribution in [3.05, 3.63) is 47.5 Å². The van der Waals surface area contributed by atoms with Crippen molar-refractivity contribution in [2.24, 2.45) is 11.8 Å². The molecule has 1 fully saturated rings. The molecule has 0 radical (unpaired) electrons. The zero-order chi connectivity index (χ0) is 28.9. The molecule has 0 unspecified atom stereocenters. The fourth-order valence-corrected chi connectivity index (χ4v) is 7.42. The average Bonchev–Trinajstić information content (AvgIpc) is 3.04. The van der Waals surface area contributed by atoms with Crippen LogP contribution in [0.25, 0.3) is 0 Å². The van der Waals surface area contributed by atoms with Gasteiger partial charge >= 0.3 is 0 Å². The molecule has 7 heteroatoms. The zero-order valence-electron chi connectivity index (χ0n) is 26.0. The normalized spacial score (nSPS) is 24.3. The fraction of sp³-hybridized carbons (Fsp3) is 0.742. The van der Waals surface area contributed by atoms with Crippen molar-refractivity contribution in [3.63, 3.8) is 0 Å². The maximum atomic E-state index is 11.0. The molecule has 0 bridgehead atoms. The zero-order valence-corrected chi connectivity index (χ0v) is 28.0. The van der Waals surface area contributed by atoms with Crippen LogP contribution >= 0.6 is 0 Å². The van der Waals surface area contributed by atoms with E-state index >= 15 is 0 Å². The molecule has 0 spiro atoms.